The summed E-state index contributed by atoms with van der Waals surface area (Å²) < 4.78 is 50.3. The summed E-state index contributed by atoms with van der Waals surface area (Å²) in [6, 6.07) is 7.32. The van der Waals surface area contributed by atoms with Crippen molar-refractivity contribution in [3.8, 4) is 0 Å². The van der Waals surface area contributed by atoms with Crippen LogP contribution in [-0.4, -0.2) is 224 Å². The van der Waals surface area contributed by atoms with Gasteiger partial charge in [0.15, 0.2) is 0 Å². The molecule has 0 spiro atoms. The first-order valence-corrected chi connectivity index (χ1v) is 28.3. The second-order valence-corrected chi connectivity index (χ2v) is 21.3. The highest BCUT2D eigenvalue weighted by Crippen LogP contribution is 2.31. The van der Waals surface area contributed by atoms with E-state index in [4.69, 9.17) is 54.8 Å². The number of hydrogen-bond acceptors (Lipinski definition) is 18. The molecule has 0 saturated carbocycles. The van der Waals surface area contributed by atoms with Gasteiger partial charge in [-0.25, -0.2) is 4.79 Å². The van der Waals surface area contributed by atoms with E-state index in [1.54, 1.807) is 14.2 Å². The van der Waals surface area contributed by atoms with Crippen molar-refractivity contribution < 1.29 is 76.2 Å². The zero-order chi connectivity index (χ0) is 59.2. The Labute approximate surface area is 479 Å². The fourth-order valence-electron chi connectivity index (χ4n) is 9.81. The van der Waals surface area contributed by atoms with Crippen LogP contribution >= 0.6 is 12.2 Å². The normalized spacial score (nSPS) is 17.3. The molecular formula is C57H92N6O16S. The molecule has 2 heterocycles. The fraction of sp³-hybridized carbons (Fsp3) is 0.719. The molecule has 2 aliphatic rings. The standard InChI is InChI=1S/C57H92N6O16S/c1-12-40(4)51(45(71-9)38-49(67)62-23-16-19-44(62)52(72-10)41(5)54(80)58-43(55(69)73-11)37-42-17-14-13-15-18-42)61(8)50(39(2)3)53(68)59-56(70)57(6,7)60-46(64)22-25-74-27-29-76-31-33-78-35-36-79-34-32-77-30-28-75-26-24-63-47(65)20-21-48(63)66/h13-15,17-18,20-21,39-41,43-45,50-52H,12,16,19,22-38H2,1-11H3,(H,58,80)(H,60,64)(H,59,68,70)/t40-,41+,43-,44-,45+,50-,51-,52+/m0/s1. The van der Waals surface area contributed by atoms with Crippen molar-refractivity contribution in [1.82, 2.24) is 30.7 Å². The van der Waals surface area contributed by atoms with Gasteiger partial charge in [-0.15, -0.1) is 0 Å². The largest absolute Gasteiger partial charge is 0.467 e. The number of imide groups is 2. The van der Waals surface area contributed by atoms with Crippen LogP contribution in [0.15, 0.2) is 42.5 Å². The van der Waals surface area contributed by atoms with Crippen LogP contribution in [0.2, 0.25) is 0 Å². The van der Waals surface area contributed by atoms with Gasteiger partial charge in [-0.05, 0) is 51.1 Å². The predicted molar refractivity (Wildman–Crippen MR) is 302 cm³/mol. The first-order valence-electron chi connectivity index (χ1n) is 27.9. The Kier molecular flexibility index (Phi) is 32.4. The van der Waals surface area contributed by atoms with Crippen molar-refractivity contribution in [3.63, 3.8) is 0 Å². The smallest absolute Gasteiger partial charge is 0.328 e. The zero-order valence-corrected chi connectivity index (χ0v) is 50.0. The molecule has 22 nitrogen and oxygen atoms in total. The van der Waals surface area contributed by atoms with Crippen molar-refractivity contribution in [1.29, 1.82) is 0 Å². The number of methoxy groups -OCH3 is 3. The summed E-state index contributed by atoms with van der Waals surface area (Å²) in [6.07, 6.45) is 3.87. The highest BCUT2D eigenvalue weighted by Gasteiger charge is 2.44. The lowest BCUT2D eigenvalue weighted by Crippen LogP contribution is -2.62. The molecular weight excluding hydrogens is 1060 g/mol. The third-order valence-electron chi connectivity index (χ3n) is 14.3. The second-order valence-electron chi connectivity index (χ2n) is 20.8. The first kappa shape index (κ1) is 69.4. The second kappa shape index (κ2) is 37.3. The highest BCUT2D eigenvalue weighted by molar-refractivity contribution is 7.80. The lowest BCUT2D eigenvalue weighted by Gasteiger charge is -2.43. The van der Waals surface area contributed by atoms with Gasteiger partial charge in [0.1, 0.15) is 11.6 Å². The van der Waals surface area contributed by atoms with E-state index in [9.17, 15) is 33.6 Å². The Balaban J connectivity index is 1.41. The Morgan fingerprint density at radius 2 is 1.31 bits per heavy atom. The number of esters is 1. The SMILES string of the molecule is CC[C@H](C)[C@@H]([C@@H](CC(=O)N1CCC[C@H]1[C@H](OC)[C@@H](C)C(=S)N[C@@H](Cc1ccccc1)C(=O)OC)OC)N(C)[C@H](C(=O)NC(=O)C(C)(C)NC(=O)CCOCCOCCOCCOCCOCCOCCN1C(=O)C=CC1=O)C(C)C. The Morgan fingerprint density at radius 3 is 1.81 bits per heavy atom. The molecule has 1 fully saturated rings. The number of likely N-dealkylation sites (N-methyl/N-ethyl adjacent to an activating group) is 1. The number of carbonyl (C=O) groups is 7. The molecule has 0 radical (unpaired) electrons. The lowest BCUT2D eigenvalue weighted by molar-refractivity contribution is -0.143. The van der Waals surface area contributed by atoms with Gasteiger partial charge in [0.2, 0.25) is 17.7 Å². The summed E-state index contributed by atoms with van der Waals surface area (Å²) in [4.78, 5) is 96.5. The molecule has 80 heavy (non-hydrogen) atoms. The number of carbonyl (C=O) groups excluding carboxylic acids is 7. The third-order valence-corrected chi connectivity index (χ3v) is 14.8. The Bertz CT molecular complexity index is 2100. The summed E-state index contributed by atoms with van der Waals surface area (Å²) in [7, 11) is 6.32. The summed E-state index contributed by atoms with van der Waals surface area (Å²) in [6.45, 7) is 17.3. The van der Waals surface area contributed by atoms with E-state index in [1.165, 1.54) is 33.1 Å². The molecule has 1 saturated heterocycles. The fourth-order valence-corrected chi connectivity index (χ4v) is 10.1. The Hall–Kier alpha value is -4.82. The highest BCUT2D eigenvalue weighted by atomic mass is 32.1. The number of ether oxygens (including phenoxy) is 9. The van der Waals surface area contributed by atoms with Crippen LogP contribution in [0.5, 0.6) is 0 Å². The van der Waals surface area contributed by atoms with Crippen molar-refractivity contribution in [2.45, 2.75) is 129 Å². The van der Waals surface area contributed by atoms with Crippen LogP contribution in [0.1, 0.15) is 86.1 Å². The van der Waals surface area contributed by atoms with E-state index in [0.717, 1.165) is 16.9 Å². The molecule has 0 aromatic heterocycles. The van der Waals surface area contributed by atoms with Gasteiger partial charge in [0.05, 0.1) is 129 Å². The van der Waals surface area contributed by atoms with Gasteiger partial charge in [-0.1, -0.05) is 83.6 Å². The van der Waals surface area contributed by atoms with Gasteiger partial charge >= 0.3 is 5.97 Å². The molecule has 3 N–H and O–H groups in total. The van der Waals surface area contributed by atoms with E-state index >= 15 is 0 Å². The van der Waals surface area contributed by atoms with Crippen LogP contribution < -0.4 is 16.0 Å². The molecule has 3 rings (SSSR count). The number of nitrogens with zero attached hydrogens (tertiary/aromatic N) is 3. The van der Waals surface area contributed by atoms with E-state index in [2.05, 4.69) is 22.9 Å². The molecule has 0 aliphatic carbocycles. The van der Waals surface area contributed by atoms with Gasteiger partial charge in [-0.2, -0.15) is 0 Å². The minimum Gasteiger partial charge on any atom is -0.467 e. The number of nitrogens with one attached hydrogen (secondary N) is 3. The minimum absolute atomic E-state index is 0.0189. The summed E-state index contributed by atoms with van der Waals surface area (Å²) in [5.74, 6) is -3.59. The molecule has 6 amide bonds. The van der Waals surface area contributed by atoms with Crippen LogP contribution in [0.25, 0.3) is 0 Å². The molecule has 0 bridgehead atoms. The molecule has 2 aliphatic heterocycles. The number of thiocarbonyl (C=S) groups is 1. The van der Waals surface area contributed by atoms with Crippen molar-refractivity contribution >= 4 is 58.6 Å². The number of hydrogen-bond donors (Lipinski definition) is 3. The maximum Gasteiger partial charge on any atom is 0.328 e. The van der Waals surface area contributed by atoms with Gasteiger partial charge in [-0.3, -0.25) is 43.9 Å². The summed E-state index contributed by atoms with van der Waals surface area (Å²) in [5, 5.41) is 8.51. The maximum absolute atomic E-state index is 14.5. The maximum atomic E-state index is 14.5. The van der Waals surface area contributed by atoms with Gasteiger partial charge < -0.3 is 58.2 Å². The first-order chi connectivity index (χ1) is 38.2. The van der Waals surface area contributed by atoms with Crippen LogP contribution in [0, 0.1) is 17.8 Å². The van der Waals surface area contributed by atoms with E-state index in [-0.39, 0.29) is 87.3 Å². The van der Waals surface area contributed by atoms with Crippen molar-refractivity contribution in [3.05, 3.63) is 48.0 Å². The molecule has 1 aromatic rings. The number of rotatable bonds is 41. The van der Waals surface area contributed by atoms with Crippen molar-refractivity contribution in [2.24, 2.45) is 17.8 Å². The van der Waals surface area contributed by atoms with Crippen LogP contribution in [0.4, 0.5) is 0 Å². The minimum atomic E-state index is -1.45. The predicted octanol–water partition coefficient (Wildman–Crippen LogP) is 3.06. The lowest BCUT2D eigenvalue weighted by atomic mass is 9.87. The topological polar surface area (TPSA) is 248 Å². The monoisotopic (exact) mass is 1150 g/mol. The quantitative estimate of drug-likeness (QED) is 0.0369. The van der Waals surface area contributed by atoms with E-state index in [0.29, 0.717) is 83.7 Å². The third kappa shape index (κ3) is 23.2. The van der Waals surface area contributed by atoms with Crippen molar-refractivity contribution in [2.75, 3.05) is 121 Å². The number of likely N-dealkylation sites (tertiary alicyclic amines) is 1. The molecule has 452 valence electrons. The Morgan fingerprint density at radius 1 is 0.775 bits per heavy atom. The molecule has 0 unspecified atom stereocenters. The molecule has 23 heteroatoms. The summed E-state index contributed by atoms with van der Waals surface area (Å²) in [5.41, 5.74) is -0.503. The average molecular weight is 1150 g/mol. The molecule has 8 atom stereocenters. The number of amides is 6. The molecule has 1 aromatic carbocycles. The van der Waals surface area contributed by atoms with Crippen LogP contribution in [0.3, 0.4) is 0 Å². The summed E-state index contributed by atoms with van der Waals surface area (Å²) >= 11 is 5.88. The van der Waals surface area contributed by atoms with E-state index < -0.39 is 59.6 Å². The van der Waals surface area contributed by atoms with Gasteiger partial charge in [0, 0.05) is 57.7 Å². The zero-order valence-electron chi connectivity index (χ0n) is 49.2. The van der Waals surface area contributed by atoms with Gasteiger partial charge in [0.25, 0.3) is 17.7 Å². The average Bonchev–Trinajstić information content (AvgIpc) is 4.07. The van der Waals surface area contributed by atoms with Crippen LogP contribution in [-0.2, 0) is 82.6 Å². The number of benzene rings is 1. The van der Waals surface area contributed by atoms with E-state index in [1.807, 2.05) is 74.9 Å².